The molecule has 0 bridgehead atoms. The Kier molecular flexibility index (Phi) is 5.27. The number of ether oxygens (including phenoxy) is 2. The topological polar surface area (TPSA) is 76.1 Å². The summed E-state index contributed by atoms with van der Waals surface area (Å²) >= 11 is 6.19. The van der Waals surface area contributed by atoms with E-state index in [0.717, 1.165) is 16.7 Å². The van der Waals surface area contributed by atoms with Crippen LogP contribution in [0.15, 0.2) is 23.1 Å². The number of thiocarbonyl (C=S) groups is 1. The molecule has 0 aliphatic carbocycles. The van der Waals surface area contributed by atoms with Crippen LogP contribution in [-0.2, 0) is 9.59 Å². The summed E-state index contributed by atoms with van der Waals surface area (Å²) in [6.45, 7) is 1.42. The molecule has 1 N–H and O–H groups in total. The molecule has 1 fully saturated rings. The average Bonchev–Trinajstić information content (AvgIpc) is 2.80. The maximum absolute atomic E-state index is 12.4. The molecule has 122 valence electrons. The molecule has 6 nitrogen and oxygen atoms in total. The second kappa shape index (κ2) is 7.01. The summed E-state index contributed by atoms with van der Waals surface area (Å²) in [5, 5.41) is 9.09. The summed E-state index contributed by atoms with van der Waals surface area (Å²) in [6.07, 6.45) is 1.62. The Hall–Kier alpha value is -2.06. The van der Waals surface area contributed by atoms with Crippen molar-refractivity contribution in [2.75, 3.05) is 14.2 Å². The Balaban J connectivity index is 2.40. The molecule has 1 aliphatic heterocycles. The van der Waals surface area contributed by atoms with Crippen LogP contribution in [0.5, 0.6) is 11.5 Å². The summed E-state index contributed by atoms with van der Waals surface area (Å²) < 4.78 is 10.8. The number of rotatable bonds is 5. The second-order valence-corrected chi connectivity index (χ2v) is 6.32. The van der Waals surface area contributed by atoms with Crippen molar-refractivity contribution in [1.29, 1.82) is 0 Å². The highest BCUT2D eigenvalue weighted by Gasteiger charge is 2.38. The fraction of sp³-hybridized carbons (Fsp3) is 0.267. The number of thioether (sulfide) groups is 1. The first-order chi connectivity index (χ1) is 10.9. The van der Waals surface area contributed by atoms with Crippen molar-refractivity contribution in [3.05, 3.63) is 28.7 Å². The number of hydrogen-bond acceptors (Lipinski definition) is 6. The van der Waals surface area contributed by atoms with Crippen LogP contribution in [0.4, 0.5) is 0 Å². The quantitative estimate of drug-likeness (QED) is 0.643. The molecule has 1 aromatic carbocycles. The first-order valence-electron chi connectivity index (χ1n) is 6.61. The minimum atomic E-state index is -1.11. The molecule has 1 aliphatic rings. The van der Waals surface area contributed by atoms with Crippen LogP contribution < -0.4 is 9.47 Å². The number of aliphatic carboxylic acids is 1. The summed E-state index contributed by atoms with van der Waals surface area (Å²) in [5.41, 5.74) is 0.648. The third-order valence-corrected chi connectivity index (χ3v) is 4.62. The minimum Gasteiger partial charge on any atom is -0.493 e. The highest BCUT2D eigenvalue weighted by atomic mass is 32.2. The Morgan fingerprint density at radius 1 is 1.39 bits per heavy atom. The van der Waals surface area contributed by atoms with Crippen LogP contribution in [-0.4, -0.2) is 46.5 Å². The zero-order chi connectivity index (χ0) is 17.1. The minimum absolute atomic E-state index is 0.220. The second-order valence-electron chi connectivity index (χ2n) is 4.65. The average molecular weight is 353 g/mol. The lowest BCUT2D eigenvalue weighted by atomic mass is 10.1. The van der Waals surface area contributed by atoms with Gasteiger partial charge in [0.1, 0.15) is 10.4 Å². The number of carbonyl (C=O) groups is 2. The fourth-order valence-electron chi connectivity index (χ4n) is 2.09. The van der Waals surface area contributed by atoms with E-state index in [2.05, 4.69) is 0 Å². The van der Waals surface area contributed by atoms with Gasteiger partial charge in [-0.2, -0.15) is 0 Å². The molecule has 0 spiro atoms. The van der Waals surface area contributed by atoms with Crippen LogP contribution in [0, 0.1) is 0 Å². The number of carbonyl (C=O) groups excluding carboxylic acids is 1. The van der Waals surface area contributed by atoms with Crippen LogP contribution in [0.2, 0.25) is 0 Å². The van der Waals surface area contributed by atoms with Gasteiger partial charge in [-0.15, -0.1) is 0 Å². The van der Waals surface area contributed by atoms with E-state index in [-0.39, 0.29) is 4.32 Å². The molecule has 1 amide bonds. The molecule has 0 radical (unpaired) electrons. The van der Waals surface area contributed by atoms with Gasteiger partial charge in [0.2, 0.25) is 0 Å². The van der Waals surface area contributed by atoms with E-state index in [1.54, 1.807) is 24.3 Å². The molecule has 8 heteroatoms. The molecule has 2 rings (SSSR count). The SMILES string of the molecule is COc1cccc(/C=C2\SC(=S)N([C@@H](C)C(=O)O)C2=O)c1OC. The molecule has 0 aromatic heterocycles. The lowest BCUT2D eigenvalue weighted by Crippen LogP contribution is -2.41. The van der Waals surface area contributed by atoms with Crippen molar-refractivity contribution < 1.29 is 24.2 Å². The van der Waals surface area contributed by atoms with Crippen molar-refractivity contribution in [2.45, 2.75) is 13.0 Å². The van der Waals surface area contributed by atoms with Gasteiger partial charge in [-0.25, -0.2) is 4.79 Å². The van der Waals surface area contributed by atoms with Gasteiger partial charge in [0.25, 0.3) is 5.91 Å². The van der Waals surface area contributed by atoms with E-state index in [1.807, 2.05) is 0 Å². The van der Waals surface area contributed by atoms with Crippen LogP contribution in [0.3, 0.4) is 0 Å². The molecule has 1 saturated heterocycles. The first kappa shape index (κ1) is 17.3. The first-order valence-corrected chi connectivity index (χ1v) is 7.84. The molecule has 1 heterocycles. The van der Waals surface area contributed by atoms with Gasteiger partial charge < -0.3 is 14.6 Å². The largest absolute Gasteiger partial charge is 0.493 e. The van der Waals surface area contributed by atoms with E-state index in [4.69, 9.17) is 26.8 Å². The van der Waals surface area contributed by atoms with E-state index >= 15 is 0 Å². The number of amides is 1. The summed E-state index contributed by atoms with van der Waals surface area (Å²) in [5.74, 6) is -0.511. The van der Waals surface area contributed by atoms with Crippen molar-refractivity contribution in [3.8, 4) is 11.5 Å². The predicted octanol–water partition coefficient (Wildman–Crippen LogP) is 2.38. The number of methoxy groups -OCH3 is 2. The number of nitrogens with zero attached hydrogens (tertiary/aromatic N) is 1. The molecule has 0 saturated carbocycles. The van der Waals surface area contributed by atoms with Gasteiger partial charge in [0.15, 0.2) is 11.5 Å². The van der Waals surface area contributed by atoms with E-state index in [0.29, 0.717) is 22.0 Å². The monoisotopic (exact) mass is 353 g/mol. The Morgan fingerprint density at radius 2 is 2.09 bits per heavy atom. The van der Waals surface area contributed by atoms with Gasteiger partial charge in [-0.05, 0) is 19.1 Å². The van der Waals surface area contributed by atoms with Crippen molar-refractivity contribution in [1.82, 2.24) is 4.90 Å². The third kappa shape index (κ3) is 3.32. The zero-order valence-corrected chi connectivity index (χ0v) is 14.4. The molecule has 0 unspecified atom stereocenters. The van der Waals surface area contributed by atoms with Crippen LogP contribution >= 0.6 is 24.0 Å². The molecule has 23 heavy (non-hydrogen) atoms. The smallest absolute Gasteiger partial charge is 0.326 e. The number of hydrogen-bond donors (Lipinski definition) is 1. The summed E-state index contributed by atoms with van der Waals surface area (Å²) in [4.78, 5) is 25.0. The number of carboxylic acid groups (broad SMARTS) is 1. The summed E-state index contributed by atoms with van der Waals surface area (Å²) in [6, 6.07) is 4.27. The lowest BCUT2D eigenvalue weighted by molar-refractivity contribution is -0.144. The standard InChI is InChI=1S/C15H15NO5S2/c1-8(14(18)19)16-13(17)11(23-15(16)22)7-9-5-4-6-10(20-2)12(9)21-3/h4-8H,1-3H3,(H,18,19)/b11-7-/t8-/m0/s1. The Labute approximate surface area is 143 Å². The van der Waals surface area contributed by atoms with Crippen molar-refractivity contribution in [3.63, 3.8) is 0 Å². The zero-order valence-electron chi connectivity index (χ0n) is 12.7. The van der Waals surface area contributed by atoms with E-state index < -0.39 is 17.9 Å². The maximum Gasteiger partial charge on any atom is 0.326 e. The predicted molar refractivity (Wildman–Crippen MR) is 91.7 cm³/mol. The van der Waals surface area contributed by atoms with Gasteiger partial charge >= 0.3 is 5.97 Å². The normalized spacial score (nSPS) is 17.5. The van der Waals surface area contributed by atoms with Crippen LogP contribution in [0.1, 0.15) is 12.5 Å². The van der Waals surface area contributed by atoms with Gasteiger partial charge in [0.05, 0.1) is 19.1 Å². The van der Waals surface area contributed by atoms with Crippen molar-refractivity contribution >= 4 is 46.3 Å². The maximum atomic E-state index is 12.4. The molecule has 1 atom stereocenters. The molecule has 1 aromatic rings. The van der Waals surface area contributed by atoms with Crippen molar-refractivity contribution in [2.24, 2.45) is 0 Å². The highest BCUT2D eigenvalue weighted by Crippen LogP contribution is 2.37. The molecular weight excluding hydrogens is 338 g/mol. The number of para-hydroxylation sites is 1. The highest BCUT2D eigenvalue weighted by molar-refractivity contribution is 8.26. The Bertz CT molecular complexity index is 701. The number of benzene rings is 1. The summed E-state index contributed by atoms with van der Waals surface area (Å²) in [7, 11) is 3.03. The van der Waals surface area contributed by atoms with Gasteiger partial charge in [0, 0.05) is 5.56 Å². The number of carboxylic acids is 1. The van der Waals surface area contributed by atoms with E-state index in [9.17, 15) is 9.59 Å². The third-order valence-electron chi connectivity index (χ3n) is 3.29. The van der Waals surface area contributed by atoms with E-state index in [1.165, 1.54) is 21.1 Å². The van der Waals surface area contributed by atoms with Gasteiger partial charge in [-0.1, -0.05) is 36.1 Å². The molecular formula is C15H15NO5S2. The fourth-order valence-corrected chi connectivity index (χ4v) is 3.50. The van der Waals surface area contributed by atoms with Gasteiger partial charge in [-0.3, -0.25) is 9.69 Å². The van der Waals surface area contributed by atoms with Crippen LogP contribution in [0.25, 0.3) is 6.08 Å². The lowest BCUT2D eigenvalue weighted by Gasteiger charge is -2.18. The Morgan fingerprint density at radius 3 is 2.65 bits per heavy atom.